The number of carbonyl (C=O) groups is 3. The van der Waals surface area contributed by atoms with E-state index in [1.165, 1.54) is 0 Å². The average Bonchev–Trinajstić information content (AvgIpc) is 2.29. The van der Waals surface area contributed by atoms with Crippen molar-refractivity contribution in [2.24, 2.45) is 5.73 Å². The first-order chi connectivity index (χ1) is 8.47. The van der Waals surface area contributed by atoms with Crippen molar-refractivity contribution < 1.29 is 19.5 Å². The van der Waals surface area contributed by atoms with E-state index in [9.17, 15) is 14.4 Å². The molecule has 0 aliphatic heterocycles. The van der Waals surface area contributed by atoms with Crippen molar-refractivity contribution in [3.8, 4) is 12.3 Å². The Morgan fingerprint density at radius 3 is 2.56 bits per heavy atom. The number of nitrogens with two attached hydrogens (primary N) is 1. The van der Waals surface area contributed by atoms with Gasteiger partial charge >= 0.3 is 12.0 Å². The van der Waals surface area contributed by atoms with E-state index in [2.05, 4.69) is 16.6 Å². The molecule has 7 nitrogen and oxygen atoms in total. The molecule has 0 spiro atoms. The van der Waals surface area contributed by atoms with Crippen LogP contribution in [-0.4, -0.2) is 35.6 Å². The minimum atomic E-state index is -1.21. The molecule has 0 unspecified atom stereocenters. The molecule has 7 heteroatoms. The number of aliphatic carboxylic acids is 1. The van der Waals surface area contributed by atoms with Crippen LogP contribution < -0.4 is 16.4 Å². The second-order valence-corrected chi connectivity index (χ2v) is 3.60. The molecule has 0 aliphatic rings. The molecule has 0 heterocycles. The predicted molar refractivity (Wildman–Crippen MR) is 64.5 cm³/mol. The summed E-state index contributed by atoms with van der Waals surface area (Å²) >= 11 is 0. The summed E-state index contributed by atoms with van der Waals surface area (Å²) in [7, 11) is 0. The second kappa shape index (κ2) is 8.87. The summed E-state index contributed by atoms with van der Waals surface area (Å²) in [5.74, 6) is 0.590. The third kappa shape index (κ3) is 7.98. The molecule has 0 fully saturated rings. The van der Waals surface area contributed by atoms with E-state index in [1.54, 1.807) is 0 Å². The van der Waals surface area contributed by atoms with Gasteiger partial charge in [-0.25, -0.2) is 9.59 Å². The van der Waals surface area contributed by atoms with Crippen molar-refractivity contribution in [1.82, 2.24) is 10.6 Å². The van der Waals surface area contributed by atoms with Crippen LogP contribution in [0.5, 0.6) is 0 Å². The van der Waals surface area contributed by atoms with E-state index < -0.39 is 23.9 Å². The lowest BCUT2D eigenvalue weighted by atomic mass is 10.1. The minimum Gasteiger partial charge on any atom is -0.480 e. The summed E-state index contributed by atoms with van der Waals surface area (Å²) in [6.07, 6.45) is 6.04. The quantitative estimate of drug-likeness (QED) is 0.342. The Balaban J connectivity index is 4.00. The lowest BCUT2D eigenvalue weighted by Gasteiger charge is -2.14. The number of rotatable bonds is 8. The van der Waals surface area contributed by atoms with Crippen LogP contribution in [0.3, 0.4) is 0 Å². The number of carbonyl (C=O) groups excluding carboxylic acids is 2. The molecule has 18 heavy (non-hydrogen) atoms. The number of terminal acetylenes is 1. The Labute approximate surface area is 105 Å². The van der Waals surface area contributed by atoms with Gasteiger partial charge in [-0.3, -0.25) is 4.79 Å². The van der Waals surface area contributed by atoms with Gasteiger partial charge in [-0.2, -0.15) is 0 Å². The van der Waals surface area contributed by atoms with Crippen molar-refractivity contribution in [3.05, 3.63) is 0 Å². The standard InChI is InChI=1S/C11H17N3O4/c1-2-3-4-7-13-11(18)14-8(10(16)17)5-6-9(12)15/h1,8H,3-7H2,(H2,12,15)(H,16,17)(H2,13,14,18)/t8-/m0/s1. The Bertz CT molecular complexity index is 349. The molecular formula is C11H17N3O4. The Kier molecular flexibility index (Phi) is 7.77. The highest BCUT2D eigenvalue weighted by molar-refractivity contribution is 5.83. The van der Waals surface area contributed by atoms with Gasteiger partial charge in [0.1, 0.15) is 6.04 Å². The highest BCUT2D eigenvalue weighted by atomic mass is 16.4. The summed E-state index contributed by atoms with van der Waals surface area (Å²) in [4.78, 5) is 32.7. The molecule has 3 amide bonds. The third-order valence-electron chi connectivity index (χ3n) is 2.07. The van der Waals surface area contributed by atoms with Crippen LogP contribution in [0.15, 0.2) is 0 Å². The fourth-order valence-electron chi connectivity index (χ4n) is 1.15. The predicted octanol–water partition coefficient (Wildman–Crippen LogP) is -0.582. The van der Waals surface area contributed by atoms with Crippen LogP contribution >= 0.6 is 0 Å². The first-order valence-electron chi connectivity index (χ1n) is 5.46. The number of hydrogen-bond acceptors (Lipinski definition) is 3. The van der Waals surface area contributed by atoms with Gasteiger partial charge < -0.3 is 21.5 Å². The van der Waals surface area contributed by atoms with E-state index in [0.717, 1.165) is 0 Å². The van der Waals surface area contributed by atoms with Gasteiger partial charge in [0, 0.05) is 19.4 Å². The fourth-order valence-corrected chi connectivity index (χ4v) is 1.15. The van der Waals surface area contributed by atoms with Crippen LogP contribution in [0.4, 0.5) is 4.79 Å². The number of primary amides is 1. The molecule has 0 aromatic rings. The zero-order valence-electron chi connectivity index (χ0n) is 9.94. The fraction of sp³-hybridized carbons (Fsp3) is 0.545. The van der Waals surface area contributed by atoms with Gasteiger partial charge in [-0.15, -0.1) is 12.3 Å². The van der Waals surface area contributed by atoms with Crippen LogP contribution in [0.1, 0.15) is 25.7 Å². The van der Waals surface area contributed by atoms with Gasteiger partial charge in [0.25, 0.3) is 0 Å². The SMILES string of the molecule is C#CCCCNC(=O)N[C@@H](CCC(N)=O)C(=O)O. The highest BCUT2D eigenvalue weighted by Gasteiger charge is 2.20. The maximum absolute atomic E-state index is 11.3. The smallest absolute Gasteiger partial charge is 0.326 e. The average molecular weight is 255 g/mol. The molecule has 0 aromatic heterocycles. The zero-order valence-corrected chi connectivity index (χ0v) is 9.94. The molecule has 0 radical (unpaired) electrons. The maximum atomic E-state index is 11.3. The van der Waals surface area contributed by atoms with Crippen LogP contribution in [0, 0.1) is 12.3 Å². The summed E-state index contributed by atoms with van der Waals surface area (Å²) in [5, 5.41) is 13.5. The molecule has 0 rings (SSSR count). The van der Waals surface area contributed by atoms with Crippen molar-refractivity contribution in [2.45, 2.75) is 31.7 Å². The number of amides is 3. The molecule has 100 valence electrons. The Morgan fingerprint density at radius 2 is 2.06 bits per heavy atom. The van der Waals surface area contributed by atoms with Gasteiger partial charge in [0.2, 0.25) is 5.91 Å². The number of hydrogen-bond donors (Lipinski definition) is 4. The number of nitrogens with one attached hydrogen (secondary N) is 2. The van der Waals surface area contributed by atoms with Gasteiger partial charge in [0.15, 0.2) is 0 Å². The molecular weight excluding hydrogens is 238 g/mol. The lowest BCUT2D eigenvalue weighted by Crippen LogP contribution is -2.46. The first-order valence-corrected chi connectivity index (χ1v) is 5.46. The number of carboxylic acids is 1. The summed E-state index contributed by atoms with van der Waals surface area (Å²) < 4.78 is 0. The monoisotopic (exact) mass is 255 g/mol. The van der Waals surface area contributed by atoms with E-state index >= 15 is 0 Å². The van der Waals surface area contributed by atoms with Crippen LogP contribution in [-0.2, 0) is 9.59 Å². The Hall–Kier alpha value is -2.23. The second-order valence-electron chi connectivity index (χ2n) is 3.60. The van der Waals surface area contributed by atoms with Crippen LogP contribution in [0.2, 0.25) is 0 Å². The number of carboxylic acid groups (broad SMARTS) is 1. The normalized spacial score (nSPS) is 11.1. The van der Waals surface area contributed by atoms with Crippen molar-refractivity contribution >= 4 is 17.9 Å². The van der Waals surface area contributed by atoms with Crippen molar-refractivity contribution in [2.75, 3.05) is 6.54 Å². The largest absolute Gasteiger partial charge is 0.480 e. The molecule has 0 aliphatic carbocycles. The topological polar surface area (TPSA) is 122 Å². The van der Waals surface area contributed by atoms with Gasteiger partial charge in [0.05, 0.1) is 0 Å². The van der Waals surface area contributed by atoms with Crippen molar-refractivity contribution in [3.63, 3.8) is 0 Å². The first kappa shape index (κ1) is 15.8. The molecule has 0 saturated carbocycles. The maximum Gasteiger partial charge on any atom is 0.326 e. The zero-order chi connectivity index (χ0) is 14.0. The lowest BCUT2D eigenvalue weighted by molar-refractivity contribution is -0.139. The summed E-state index contributed by atoms with van der Waals surface area (Å²) in [6, 6.07) is -1.74. The molecule has 5 N–H and O–H groups in total. The molecule has 1 atom stereocenters. The summed E-state index contributed by atoms with van der Waals surface area (Å²) in [5.41, 5.74) is 4.91. The molecule has 0 saturated heterocycles. The summed E-state index contributed by atoms with van der Waals surface area (Å²) in [6.45, 7) is 0.359. The highest BCUT2D eigenvalue weighted by Crippen LogP contribution is 1.97. The van der Waals surface area contributed by atoms with E-state index in [1.807, 2.05) is 0 Å². The Morgan fingerprint density at radius 1 is 1.39 bits per heavy atom. The van der Waals surface area contributed by atoms with E-state index in [-0.39, 0.29) is 12.8 Å². The van der Waals surface area contributed by atoms with Gasteiger partial charge in [-0.1, -0.05) is 0 Å². The van der Waals surface area contributed by atoms with Crippen molar-refractivity contribution in [1.29, 1.82) is 0 Å². The van der Waals surface area contributed by atoms with E-state index in [0.29, 0.717) is 19.4 Å². The number of unbranched alkanes of at least 4 members (excludes halogenated alkanes) is 1. The minimum absolute atomic E-state index is 0.0392. The third-order valence-corrected chi connectivity index (χ3v) is 2.07. The number of urea groups is 1. The molecule has 0 aromatic carbocycles. The molecule has 0 bridgehead atoms. The van der Waals surface area contributed by atoms with Gasteiger partial charge in [-0.05, 0) is 12.8 Å². The van der Waals surface area contributed by atoms with E-state index in [4.69, 9.17) is 17.3 Å². The van der Waals surface area contributed by atoms with Crippen LogP contribution in [0.25, 0.3) is 0 Å².